The molecule has 176 valence electrons. The first-order valence-corrected chi connectivity index (χ1v) is 11.6. The Labute approximate surface area is 194 Å². The smallest absolute Gasteiger partial charge is 0.262 e. The van der Waals surface area contributed by atoms with Gasteiger partial charge in [0.15, 0.2) is 11.5 Å². The number of anilines is 2. The normalized spacial score (nSPS) is 13.0. The topological polar surface area (TPSA) is 137 Å². The summed E-state index contributed by atoms with van der Waals surface area (Å²) >= 11 is 0. The molecule has 1 heterocycles. The fourth-order valence-electron chi connectivity index (χ4n) is 3.21. The second-order valence-electron chi connectivity index (χ2n) is 7.35. The van der Waals surface area contributed by atoms with Gasteiger partial charge in [0.1, 0.15) is 5.82 Å². The maximum Gasteiger partial charge on any atom is 0.262 e. The number of rotatable bonds is 6. The van der Waals surface area contributed by atoms with E-state index < -0.39 is 27.7 Å². The van der Waals surface area contributed by atoms with Gasteiger partial charge in [0.2, 0.25) is 0 Å². The molecule has 0 spiro atoms. The summed E-state index contributed by atoms with van der Waals surface area (Å²) in [4.78, 5) is 23.7. The molecule has 2 amide bonds. The van der Waals surface area contributed by atoms with Crippen molar-refractivity contribution < 1.29 is 31.9 Å². The first kappa shape index (κ1) is 23.1. The quantitative estimate of drug-likeness (QED) is 0.491. The predicted octanol–water partition coefficient (Wildman–Crippen LogP) is 3.14. The Kier molecular flexibility index (Phi) is 6.37. The van der Waals surface area contributed by atoms with Gasteiger partial charge in [-0.15, -0.1) is 0 Å². The molecule has 11 heteroatoms. The molecular weight excluding hydrogens is 465 g/mol. The van der Waals surface area contributed by atoms with Gasteiger partial charge >= 0.3 is 0 Å². The third-order valence-corrected chi connectivity index (χ3v) is 6.30. The maximum absolute atomic E-state index is 13.6. The van der Waals surface area contributed by atoms with Crippen molar-refractivity contribution in [3.05, 3.63) is 77.6 Å². The molecule has 0 aliphatic carbocycles. The standard InChI is InChI=1S/C23H20FN3O6S/c24-19-8-6-16(12-18(19)22(25)28)26-23(29)14-2-4-15(5-3-14)27-34(30,31)17-7-9-20-21(13-17)33-11-1-10-32-20/h2-9,12-13,27H,1,10-11H2,(H2,25,28)(H,26,29). The molecule has 3 aromatic rings. The Morgan fingerprint density at radius 2 is 1.56 bits per heavy atom. The highest BCUT2D eigenvalue weighted by atomic mass is 32.2. The Balaban J connectivity index is 1.46. The summed E-state index contributed by atoms with van der Waals surface area (Å²) < 4.78 is 52.7. The Morgan fingerprint density at radius 1 is 0.882 bits per heavy atom. The number of fused-ring (bicyclic) bond motifs is 1. The van der Waals surface area contributed by atoms with E-state index in [9.17, 15) is 22.4 Å². The van der Waals surface area contributed by atoms with E-state index in [1.807, 2.05) is 0 Å². The van der Waals surface area contributed by atoms with Crippen LogP contribution in [0.1, 0.15) is 27.1 Å². The summed E-state index contributed by atoms with van der Waals surface area (Å²) in [5, 5.41) is 2.53. The van der Waals surface area contributed by atoms with Gasteiger partial charge < -0.3 is 20.5 Å². The molecule has 0 aromatic heterocycles. The van der Waals surface area contributed by atoms with Crippen molar-refractivity contribution in [3.8, 4) is 11.5 Å². The van der Waals surface area contributed by atoms with Gasteiger partial charge in [-0.2, -0.15) is 0 Å². The van der Waals surface area contributed by atoms with Gasteiger partial charge in [0, 0.05) is 29.4 Å². The van der Waals surface area contributed by atoms with Crippen LogP contribution in [0.15, 0.2) is 65.6 Å². The summed E-state index contributed by atoms with van der Waals surface area (Å²) in [6.45, 7) is 0.917. The van der Waals surface area contributed by atoms with Crippen LogP contribution in [-0.4, -0.2) is 33.4 Å². The molecule has 0 fully saturated rings. The second kappa shape index (κ2) is 9.40. The third-order valence-electron chi connectivity index (χ3n) is 4.92. The van der Waals surface area contributed by atoms with E-state index >= 15 is 0 Å². The van der Waals surface area contributed by atoms with E-state index in [1.54, 1.807) is 6.07 Å². The number of carbonyl (C=O) groups excluding carboxylic acids is 2. The summed E-state index contributed by atoms with van der Waals surface area (Å²) in [5.41, 5.74) is 5.39. The monoisotopic (exact) mass is 485 g/mol. The molecule has 0 saturated carbocycles. The number of sulfonamides is 1. The van der Waals surface area contributed by atoms with E-state index in [-0.39, 0.29) is 27.4 Å². The summed E-state index contributed by atoms with van der Waals surface area (Å²) in [6.07, 6.45) is 0.697. The van der Waals surface area contributed by atoms with Gasteiger partial charge in [-0.05, 0) is 54.6 Å². The van der Waals surface area contributed by atoms with Crippen molar-refractivity contribution in [1.29, 1.82) is 0 Å². The van der Waals surface area contributed by atoms with Gasteiger partial charge in [0.05, 0.1) is 23.7 Å². The highest BCUT2D eigenvalue weighted by Crippen LogP contribution is 2.32. The van der Waals surface area contributed by atoms with Crippen molar-refractivity contribution in [1.82, 2.24) is 0 Å². The predicted molar refractivity (Wildman–Crippen MR) is 122 cm³/mol. The van der Waals surface area contributed by atoms with Gasteiger partial charge in [0.25, 0.3) is 21.8 Å². The highest BCUT2D eigenvalue weighted by Gasteiger charge is 2.19. The number of carbonyl (C=O) groups is 2. The fraction of sp³-hybridized carbons (Fsp3) is 0.130. The molecule has 3 aromatic carbocycles. The Hall–Kier alpha value is -4.12. The number of hydrogen-bond acceptors (Lipinski definition) is 6. The zero-order chi connectivity index (χ0) is 24.3. The van der Waals surface area contributed by atoms with Crippen molar-refractivity contribution in [2.24, 2.45) is 5.73 Å². The van der Waals surface area contributed by atoms with Crippen LogP contribution in [0, 0.1) is 5.82 Å². The van der Waals surface area contributed by atoms with E-state index in [1.165, 1.54) is 42.5 Å². The van der Waals surface area contributed by atoms with E-state index in [0.717, 1.165) is 12.1 Å². The lowest BCUT2D eigenvalue weighted by molar-refractivity contribution is 0.0992. The number of benzene rings is 3. The first-order chi connectivity index (χ1) is 16.2. The molecular formula is C23H20FN3O6S. The summed E-state index contributed by atoms with van der Waals surface area (Å²) in [6, 6.07) is 13.5. The lowest BCUT2D eigenvalue weighted by atomic mass is 10.1. The molecule has 9 nitrogen and oxygen atoms in total. The average molecular weight is 485 g/mol. The molecule has 0 bridgehead atoms. The molecule has 4 N–H and O–H groups in total. The van der Waals surface area contributed by atoms with Crippen molar-refractivity contribution in [2.75, 3.05) is 23.3 Å². The maximum atomic E-state index is 13.6. The molecule has 1 aliphatic rings. The Bertz CT molecular complexity index is 1360. The average Bonchev–Trinajstić information content (AvgIpc) is 3.05. The van der Waals surface area contributed by atoms with Gasteiger partial charge in [-0.25, -0.2) is 12.8 Å². The largest absolute Gasteiger partial charge is 0.490 e. The summed E-state index contributed by atoms with van der Waals surface area (Å²) in [7, 11) is -3.92. The number of nitrogens with one attached hydrogen (secondary N) is 2. The molecule has 1 aliphatic heterocycles. The molecule has 0 atom stereocenters. The molecule has 0 saturated heterocycles. The van der Waals surface area contributed by atoms with E-state index in [4.69, 9.17) is 15.2 Å². The lowest BCUT2D eigenvalue weighted by Crippen LogP contribution is -2.16. The van der Waals surface area contributed by atoms with Crippen LogP contribution < -0.4 is 25.2 Å². The summed E-state index contributed by atoms with van der Waals surface area (Å²) in [5.74, 6) is -1.46. The first-order valence-electron chi connectivity index (χ1n) is 10.2. The molecule has 34 heavy (non-hydrogen) atoms. The van der Waals surface area contributed by atoms with Gasteiger partial charge in [-0.3, -0.25) is 14.3 Å². The third kappa shape index (κ3) is 5.09. The van der Waals surface area contributed by atoms with Crippen molar-refractivity contribution >= 4 is 33.2 Å². The minimum atomic E-state index is -3.92. The van der Waals surface area contributed by atoms with Crippen LogP contribution in [0.2, 0.25) is 0 Å². The number of nitrogens with two attached hydrogens (primary N) is 1. The van der Waals surface area contributed by atoms with Crippen molar-refractivity contribution in [3.63, 3.8) is 0 Å². The van der Waals surface area contributed by atoms with E-state index in [0.29, 0.717) is 31.1 Å². The lowest BCUT2D eigenvalue weighted by Gasteiger charge is -2.12. The number of ether oxygens (including phenoxy) is 2. The SMILES string of the molecule is NC(=O)c1cc(NC(=O)c2ccc(NS(=O)(=O)c3ccc4c(c3)OCCCO4)cc2)ccc1F. The number of halogens is 1. The second-order valence-corrected chi connectivity index (χ2v) is 9.04. The van der Waals surface area contributed by atoms with Crippen LogP contribution in [0.3, 0.4) is 0 Å². The highest BCUT2D eigenvalue weighted by molar-refractivity contribution is 7.92. The minimum absolute atomic E-state index is 0.000125. The molecule has 4 rings (SSSR count). The number of hydrogen-bond donors (Lipinski definition) is 3. The molecule has 0 unspecified atom stereocenters. The molecule has 0 radical (unpaired) electrons. The fourth-order valence-corrected chi connectivity index (χ4v) is 4.28. The minimum Gasteiger partial charge on any atom is -0.490 e. The zero-order valence-corrected chi connectivity index (χ0v) is 18.5. The zero-order valence-electron chi connectivity index (χ0n) is 17.7. The Morgan fingerprint density at radius 3 is 2.26 bits per heavy atom. The van der Waals surface area contributed by atoms with Crippen LogP contribution in [0.5, 0.6) is 11.5 Å². The van der Waals surface area contributed by atoms with Crippen molar-refractivity contribution in [2.45, 2.75) is 11.3 Å². The van der Waals surface area contributed by atoms with Crippen LogP contribution in [0.4, 0.5) is 15.8 Å². The number of amides is 2. The van der Waals surface area contributed by atoms with Crippen LogP contribution in [0.25, 0.3) is 0 Å². The van der Waals surface area contributed by atoms with Crippen LogP contribution in [-0.2, 0) is 10.0 Å². The van der Waals surface area contributed by atoms with Gasteiger partial charge in [-0.1, -0.05) is 0 Å². The van der Waals surface area contributed by atoms with Crippen LogP contribution >= 0.6 is 0 Å². The number of primary amides is 1. The van der Waals surface area contributed by atoms with E-state index in [2.05, 4.69) is 10.0 Å².